The van der Waals surface area contributed by atoms with Crippen molar-refractivity contribution in [2.45, 2.75) is 0 Å². The predicted octanol–water partition coefficient (Wildman–Crippen LogP) is 2.38. The lowest BCUT2D eigenvalue weighted by Crippen LogP contribution is -2.40. The van der Waals surface area contributed by atoms with E-state index in [-0.39, 0.29) is 43.2 Å². The lowest BCUT2D eigenvalue weighted by Gasteiger charge is -2.27. The van der Waals surface area contributed by atoms with E-state index in [4.69, 9.17) is 0 Å². The zero-order chi connectivity index (χ0) is 27.6. The third kappa shape index (κ3) is 3.84. The lowest BCUT2D eigenvalue weighted by molar-refractivity contribution is -0.0172. The fourth-order valence-electron chi connectivity index (χ4n) is 4.77. The molecule has 2 unspecified atom stereocenters. The average Bonchev–Trinajstić information content (AvgIpc) is 2.91. The quantitative estimate of drug-likeness (QED) is 0.267. The highest BCUT2D eigenvalue weighted by atomic mass is 32.2. The van der Waals surface area contributed by atoms with E-state index in [0.717, 1.165) is 0 Å². The lowest BCUT2D eigenvalue weighted by atomic mass is 9.92. The van der Waals surface area contributed by atoms with Crippen molar-refractivity contribution in [3.8, 4) is 0 Å². The Hall–Kier alpha value is -4.38. The van der Waals surface area contributed by atoms with Crippen LogP contribution in [0.25, 0.3) is 21.5 Å². The van der Waals surface area contributed by atoms with E-state index < -0.39 is 46.4 Å². The van der Waals surface area contributed by atoms with E-state index in [1.54, 1.807) is 36.4 Å². The van der Waals surface area contributed by atoms with Crippen molar-refractivity contribution in [3.63, 3.8) is 0 Å². The summed E-state index contributed by atoms with van der Waals surface area (Å²) in [5.74, 6) is -3.82. The predicted molar refractivity (Wildman–Crippen MR) is 132 cm³/mol. The van der Waals surface area contributed by atoms with Gasteiger partial charge in [-0.05, 0) is 36.4 Å². The first kappa shape index (κ1) is 24.9. The molecule has 0 saturated carbocycles. The number of rotatable bonds is 6. The molecule has 0 fully saturated rings. The molecule has 196 valence electrons. The first-order chi connectivity index (χ1) is 18.7. The summed E-state index contributed by atoms with van der Waals surface area (Å²) < 4.78 is 52.8. The molecule has 0 spiro atoms. The van der Waals surface area contributed by atoms with Crippen molar-refractivity contribution in [1.29, 1.82) is 0 Å². The summed E-state index contributed by atoms with van der Waals surface area (Å²) in [6, 6.07) is 15.2. The van der Waals surface area contributed by atoms with Gasteiger partial charge in [-0.25, -0.2) is 8.42 Å². The maximum atomic E-state index is 12.8. The standard InChI is InChI=1S/C24H13N3O10S2/c28-21-13-5-1-3-11-17(9-7-15(19(11)13)23(30)26(21)36-38(32)33)25-18-10-8-16-20-12(18)4-2-6-14(20)22(29)27(24(16)31)37-39(34)35/h1-10,25H,(H,32,33)(H,34,35)/p-2. The van der Waals surface area contributed by atoms with Gasteiger partial charge in [-0.1, -0.05) is 24.3 Å². The molecule has 6 rings (SSSR count). The molecule has 4 aromatic rings. The smallest absolute Gasteiger partial charge is 0.286 e. The number of hydrogen-bond acceptors (Lipinski definition) is 11. The summed E-state index contributed by atoms with van der Waals surface area (Å²) in [4.78, 5) is 51.3. The van der Waals surface area contributed by atoms with Crippen molar-refractivity contribution in [2.75, 3.05) is 5.32 Å². The highest BCUT2D eigenvalue weighted by Crippen LogP contribution is 2.39. The minimum atomic E-state index is -3.15. The normalized spacial score (nSPS) is 16.3. The Balaban J connectivity index is 1.47. The number of amides is 4. The first-order valence-electron chi connectivity index (χ1n) is 10.9. The fourth-order valence-corrected chi connectivity index (χ4v) is 5.28. The van der Waals surface area contributed by atoms with Gasteiger partial charge in [0.05, 0.1) is 22.3 Å². The zero-order valence-corrected chi connectivity index (χ0v) is 20.7. The van der Waals surface area contributed by atoms with Crippen molar-refractivity contribution in [1.82, 2.24) is 10.1 Å². The number of benzene rings is 4. The van der Waals surface area contributed by atoms with Crippen LogP contribution in [0.2, 0.25) is 0 Å². The van der Waals surface area contributed by atoms with Crippen LogP contribution in [-0.2, 0) is 31.3 Å². The monoisotopic (exact) mass is 565 g/mol. The molecule has 2 aliphatic rings. The Morgan fingerprint density at radius 2 is 0.923 bits per heavy atom. The summed E-state index contributed by atoms with van der Waals surface area (Å²) in [5.41, 5.74) is 1.08. The van der Waals surface area contributed by atoms with Crippen molar-refractivity contribution in [2.24, 2.45) is 0 Å². The number of anilines is 2. The summed E-state index contributed by atoms with van der Waals surface area (Å²) >= 11 is -6.31. The molecule has 0 saturated heterocycles. The number of carbonyl (C=O) groups is 4. The maximum absolute atomic E-state index is 12.8. The molecule has 2 heterocycles. The second-order valence-electron chi connectivity index (χ2n) is 8.27. The number of hydrogen-bond donors (Lipinski definition) is 1. The SMILES string of the molecule is O=C1c2cccc3c(Nc4ccc5c6c(cccc46)C(=O)N(OS(=O)[O-])C5=O)ccc(c23)C(=O)N1OS(=O)[O-]. The molecule has 2 aliphatic heterocycles. The first-order valence-corrected chi connectivity index (χ1v) is 12.9. The molecule has 4 amide bonds. The van der Waals surface area contributed by atoms with E-state index >= 15 is 0 Å². The Kier molecular flexibility index (Phi) is 5.83. The molecule has 13 nitrogen and oxygen atoms in total. The molecule has 39 heavy (non-hydrogen) atoms. The van der Waals surface area contributed by atoms with Gasteiger partial charge < -0.3 is 14.4 Å². The van der Waals surface area contributed by atoms with Gasteiger partial charge in [-0.15, -0.1) is 10.1 Å². The van der Waals surface area contributed by atoms with Crippen LogP contribution >= 0.6 is 0 Å². The van der Waals surface area contributed by atoms with E-state index in [0.29, 0.717) is 22.1 Å². The van der Waals surface area contributed by atoms with Gasteiger partial charge in [0.1, 0.15) is 22.7 Å². The second-order valence-corrected chi connectivity index (χ2v) is 9.38. The minimum Gasteiger partial charge on any atom is -0.748 e. The molecular formula is C24H11N3O10S2-2. The van der Waals surface area contributed by atoms with Crippen LogP contribution < -0.4 is 5.32 Å². The van der Waals surface area contributed by atoms with Gasteiger partial charge in [0.2, 0.25) is 0 Å². The van der Waals surface area contributed by atoms with Gasteiger partial charge in [0.15, 0.2) is 0 Å². The van der Waals surface area contributed by atoms with E-state index in [1.807, 2.05) is 0 Å². The topological polar surface area (TPSA) is 186 Å². The van der Waals surface area contributed by atoms with Crippen molar-refractivity contribution in [3.05, 3.63) is 82.9 Å². The van der Waals surface area contributed by atoms with Crippen LogP contribution in [0.15, 0.2) is 60.7 Å². The Labute approximate surface area is 222 Å². The Morgan fingerprint density at radius 1 is 0.564 bits per heavy atom. The summed E-state index contributed by atoms with van der Waals surface area (Å²) in [6.45, 7) is 0. The summed E-state index contributed by atoms with van der Waals surface area (Å²) in [7, 11) is 0. The molecule has 0 bridgehead atoms. The maximum Gasteiger partial charge on any atom is 0.286 e. The second kappa shape index (κ2) is 9.12. The fraction of sp³-hybridized carbons (Fsp3) is 0. The van der Waals surface area contributed by atoms with Crippen molar-refractivity contribution < 1.29 is 45.3 Å². The van der Waals surface area contributed by atoms with E-state index in [2.05, 4.69) is 13.9 Å². The molecular weight excluding hydrogens is 554 g/mol. The van der Waals surface area contributed by atoms with Gasteiger partial charge >= 0.3 is 0 Å². The largest absolute Gasteiger partial charge is 0.748 e. The molecule has 15 heteroatoms. The van der Waals surface area contributed by atoms with Crippen LogP contribution in [-0.4, -0.2) is 51.3 Å². The number of imide groups is 2. The zero-order valence-electron chi connectivity index (χ0n) is 19.1. The highest BCUT2D eigenvalue weighted by Gasteiger charge is 2.36. The van der Waals surface area contributed by atoms with E-state index in [1.165, 1.54) is 24.3 Å². The molecule has 0 radical (unpaired) electrons. The number of hydroxylamine groups is 4. The van der Waals surface area contributed by atoms with Crippen molar-refractivity contribution >= 4 is 79.3 Å². The third-order valence-corrected chi connectivity index (χ3v) is 6.82. The number of carbonyl (C=O) groups excluding carboxylic acids is 4. The third-order valence-electron chi connectivity index (χ3n) is 6.28. The van der Waals surface area contributed by atoms with Crippen LogP contribution in [0.4, 0.5) is 11.4 Å². The minimum absolute atomic E-state index is 0.0418. The number of nitrogens with zero attached hydrogens (tertiary/aromatic N) is 2. The van der Waals surface area contributed by atoms with Gasteiger partial charge in [0.25, 0.3) is 23.6 Å². The summed E-state index contributed by atoms with van der Waals surface area (Å²) in [5, 5.41) is 5.02. The van der Waals surface area contributed by atoms with Crippen LogP contribution in [0.5, 0.6) is 0 Å². The Bertz CT molecular complexity index is 1680. The van der Waals surface area contributed by atoms with Crippen LogP contribution in [0.1, 0.15) is 41.4 Å². The van der Waals surface area contributed by atoms with Gasteiger partial charge in [0, 0.05) is 32.9 Å². The summed E-state index contributed by atoms with van der Waals surface area (Å²) in [6.07, 6.45) is 0. The average molecular weight is 565 g/mol. The molecule has 2 atom stereocenters. The molecule has 0 aromatic heterocycles. The Morgan fingerprint density at radius 3 is 1.28 bits per heavy atom. The highest BCUT2D eigenvalue weighted by molar-refractivity contribution is 7.74. The molecule has 4 aromatic carbocycles. The van der Waals surface area contributed by atoms with Crippen LogP contribution in [0.3, 0.4) is 0 Å². The van der Waals surface area contributed by atoms with Crippen LogP contribution in [0, 0.1) is 0 Å². The number of nitrogens with one attached hydrogen (secondary N) is 1. The molecule has 0 aliphatic carbocycles. The molecule has 1 N–H and O–H groups in total. The van der Waals surface area contributed by atoms with Gasteiger partial charge in [-0.2, -0.15) is 8.57 Å². The van der Waals surface area contributed by atoms with Gasteiger partial charge in [-0.3, -0.25) is 19.2 Å². The van der Waals surface area contributed by atoms with E-state index in [9.17, 15) is 36.7 Å².